The molecule has 1 N–H and O–H groups in total. The number of hydrogen-bond acceptors (Lipinski definition) is 5. The van der Waals surface area contributed by atoms with Gasteiger partial charge in [0.25, 0.3) is 0 Å². The number of amides is 2. The van der Waals surface area contributed by atoms with Crippen LogP contribution >= 0.6 is 0 Å². The van der Waals surface area contributed by atoms with Crippen molar-refractivity contribution in [3.05, 3.63) is 0 Å². The smallest absolute Gasteiger partial charge is 0.328 e. The Labute approximate surface area is 149 Å². The highest BCUT2D eigenvalue weighted by Gasteiger charge is 2.43. The van der Waals surface area contributed by atoms with Gasteiger partial charge in [-0.25, -0.2) is 19.4 Å². The average Bonchev–Trinajstić information content (AvgIpc) is 3.00. The topological polar surface area (TPSA) is 88.1 Å². The number of aliphatic imine (C=N–C) groups is 1. The summed E-state index contributed by atoms with van der Waals surface area (Å²) in [5, 5.41) is 3.10. The summed E-state index contributed by atoms with van der Waals surface area (Å²) in [6, 6.07) is -0.716. The van der Waals surface area contributed by atoms with Gasteiger partial charge in [0.05, 0.1) is 13.7 Å². The van der Waals surface area contributed by atoms with Crippen molar-refractivity contribution in [1.29, 1.82) is 0 Å². The van der Waals surface area contributed by atoms with Gasteiger partial charge in [-0.3, -0.25) is 0 Å². The Balaban J connectivity index is 2.06. The standard InChI is InChI=1S/C18H29N3O4/c1-17(2)8-13(9-18(3,10-17)11-19-12-22)20-16(24)21-7-5-6-14(21)15(23)25-4/h13-14H,5-11H2,1-4H3,(H,20,24). The van der Waals surface area contributed by atoms with E-state index in [-0.39, 0.29) is 28.9 Å². The fraction of sp³-hybridized carbons (Fsp3) is 0.833. The molecule has 1 aliphatic heterocycles. The number of methoxy groups -OCH3 is 1. The molecule has 0 aromatic heterocycles. The van der Waals surface area contributed by atoms with Crippen LogP contribution in [0.4, 0.5) is 4.79 Å². The summed E-state index contributed by atoms with van der Waals surface area (Å²) in [7, 11) is 1.35. The zero-order chi connectivity index (χ0) is 18.7. The molecule has 0 aromatic carbocycles. The van der Waals surface area contributed by atoms with E-state index in [1.807, 2.05) is 0 Å². The van der Waals surface area contributed by atoms with Crippen LogP contribution in [0.5, 0.6) is 0 Å². The number of carbonyl (C=O) groups excluding carboxylic acids is 3. The average molecular weight is 351 g/mol. The third-order valence-electron chi connectivity index (χ3n) is 5.28. The SMILES string of the molecule is COC(=O)C1CCCN1C(=O)NC1CC(C)(C)CC(C)(CN=C=O)C1. The van der Waals surface area contributed by atoms with Crippen LogP contribution in [-0.2, 0) is 14.3 Å². The lowest BCUT2D eigenvalue weighted by Gasteiger charge is -2.46. The van der Waals surface area contributed by atoms with Crippen molar-refractivity contribution in [3.8, 4) is 0 Å². The van der Waals surface area contributed by atoms with Crippen LogP contribution < -0.4 is 5.32 Å². The van der Waals surface area contributed by atoms with Crippen LogP contribution in [0.1, 0.15) is 52.9 Å². The molecule has 0 aromatic rings. The van der Waals surface area contributed by atoms with E-state index in [2.05, 4.69) is 31.1 Å². The summed E-state index contributed by atoms with van der Waals surface area (Å²) < 4.78 is 4.81. The molecule has 1 aliphatic carbocycles. The van der Waals surface area contributed by atoms with Crippen LogP contribution in [0.15, 0.2) is 4.99 Å². The second kappa shape index (κ2) is 7.56. The van der Waals surface area contributed by atoms with Gasteiger partial charge in [0.15, 0.2) is 0 Å². The first-order chi connectivity index (χ1) is 11.7. The highest BCUT2D eigenvalue weighted by molar-refractivity contribution is 5.84. The minimum Gasteiger partial charge on any atom is -0.467 e. The second-order valence-electron chi connectivity index (χ2n) is 8.49. The third kappa shape index (κ3) is 4.82. The molecule has 25 heavy (non-hydrogen) atoms. The minimum atomic E-state index is -0.493. The highest BCUT2D eigenvalue weighted by atomic mass is 16.5. The van der Waals surface area contributed by atoms with E-state index in [1.54, 1.807) is 11.0 Å². The van der Waals surface area contributed by atoms with E-state index in [1.165, 1.54) is 7.11 Å². The lowest BCUT2D eigenvalue weighted by atomic mass is 9.62. The van der Waals surface area contributed by atoms with Gasteiger partial charge in [0.1, 0.15) is 6.04 Å². The van der Waals surface area contributed by atoms with E-state index < -0.39 is 6.04 Å². The normalized spacial score (nSPS) is 31.1. The zero-order valence-electron chi connectivity index (χ0n) is 15.6. The number of isocyanates is 1. The summed E-state index contributed by atoms with van der Waals surface area (Å²) in [5.74, 6) is -0.359. The van der Waals surface area contributed by atoms with E-state index >= 15 is 0 Å². The summed E-state index contributed by atoms with van der Waals surface area (Å²) in [4.78, 5) is 40.4. The molecule has 140 valence electrons. The molecule has 1 saturated heterocycles. The maximum atomic E-state index is 12.7. The zero-order valence-corrected chi connectivity index (χ0v) is 15.6. The number of ether oxygens (including phenoxy) is 1. The fourth-order valence-corrected chi connectivity index (χ4v) is 4.73. The Morgan fingerprint density at radius 3 is 2.68 bits per heavy atom. The molecular weight excluding hydrogens is 322 g/mol. The number of urea groups is 1. The second-order valence-corrected chi connectivity index (χ2v) is 8.49. The molecular formula is C18H29N3O4. The van der Waals surface area contributed by atoms with Crippen molar-refractivity contribution in [1.82, 2.24) is 10.2 Å². The molecule has 2 fully saturated rings. The number of nitrogens with zero attached hydrogens (tertiary/aromatic N) is 2. The minimum absolute atomic E-state index is 0.0120. The van der Waals surface area contributed by atoms with E-state index in [0.717, 1.165) is 25.7 Å². The molecule has 7 heteroatoms. The number of hydrogen-bond donors (Lipinski definition) is 1. The first-order valence-corrected chi connectivity index (χ1v) is 8.88. The van der Waals surface area contributed by atoms with Crippen molar-refractivity contribution in [2.45, 2.75) is 65.0 Å². The van der Waals surface area contributed by atoms with Gasteiger partial charge in [-0.15, -0.1) is 0 Å². The van der Waals surface area contributed by atoms with Gasteiger partial charge in [-0.05, 0) is 42.9 Å². The first-order valence-electron chi connectivity index (χ1n) is 8.88. The summed E-state index contributed by atoms with van der Waals surface area (Å²) in [5.41, 5.74) is -0.111. The van der Waals surface area contributed by atoms with Crippen molar-refractivity contribution in [2.75, 3.05) is 20.2 Å². The molecule has 2 aliphatic rings. The van der Waals surface area contributed by atoms with Gasteiger partial charge in [0, 0.05) is 12.6 Å². The number of nitrogens with one attached hydrogen (secondary N) is 1. The maximum absolute atomic E-state index is 12.7. The van der Waals surface area contributed by atoms with Crippen LogP contribution in [0.25, 0.3) is 0 Å². The van der Waals surface area contributed by atoms with E-state index in [9.17, 15) is 14.4 Å². The number of likely N-dealkylation sites (tertiary alicyclic amines) is 1. The predicted molar refractivity (Wildman–Crippen MR) is 92.8 cm³/mol. The molecule has 0 spiro atoms. The Hall–Kier alpha value is -1.88. The summed E-state index contributed by atoms with van der Waals surface area (Å²) in [6.45, 7) is 7.42. The van der Waals surface area contributed by atoms with Crippen LogP contribution in [0, 0.1) is 10.8 Å². The van der Waals surface area contributed by atoms with Crippen LogP contribution in [0.3, 0.4) is 0 Å². The van der Waals surface area contributed by atoms with Crippen molar-refractivity contribution in [2.24, 2.45) is 15.8 Å². The van der Waals surface area contributed by atoms with Gasteiger partial charge in [-0.2, -0.15) is 0 Å². The van der Waals surface area contributed by atoms with Crippen LogP contribution in [-0.4, -0.2) is 55.3 Å². The quantitative estimate of drug-likeness (QED) is 0.478. The Kier molecular flexibility index (Phi) is 5.88. The Bertz CT molecular complexity index is 571. The van der Waals surface area contributed by atoms with Gasteiger partial charge in [-0.1, -0.05) is 20.8 Å². The molecule has 1 heterocycles. The number of carbonyl (C=O) groups is 2. The first kappa shape index (κ1) is 19.4. The van der Waals surface area contributed by atoms with Crippen LogP contribution in [0.2, 0.25) is 0 Å². The van der Waals surface area contributed by atoms with Gasteiger partial charge in [0.2, 0.25) is 6.08 Å². The van der Waals surface area contributed by atoms with Gasteiger partial charge >= 0.3 is 12.0 Å². The molecule has 2 rings (SSSR count). The van der Waals surface area contributed by atoms with Crippen molar-refractivity contribution < 1.29 is 19.1 Å². The van der Waals surface area contributed by atoms with E-state index in [4.69, 9.17) is 4.74 Å². The Morgan fingerprint density at radius 2 is 2.04 bits per heavy atom. The Morgan fingerprint density at radius 1 is 1.32 bits per heavy atom. The third-order valence-corrected chi connectivity index (χ3v) is 5.28. The maximum Gasteiger partial charge on any atom is 0.328 e. The largest absolute Gasteiger partial charge is 0.467 e. The molecule has 0 radical (unpaired) electrons. The lowest BCUT2D eigenvalue weighted by molar-refractivity contribution is -0.144. The number of rotatable bonds is 4. The highest BCUT2D eigenvalue weighted by Crippen LogP contribution is 2.46. The molecule has 3 unspecified atom stereocenters. The van der Waals surface area contributed by atoms with Gasteiger partial charge < -0.3 is 15.0 Å². The number of esters is 1. The monoisotopic (exact) mass is 351 g/mol. The predicted octanol–water partition coefficient (Wildman–Crippen LogP) is 2.25. The lowest BCUT2D eigenvalue weighted by Crippen LogP contribution is -2.53. The molecule has 1 saturated carbocycles. The van der Waals surface area contributed by atoms with Crippen molar-refractivity contribution >= 4 is 18.1 Å². The van der Waals surface area contributed by atoms with E-state index in [0.29, 0.717) is 19.5 Å². The summed E-state index contributed by atoms with van der Waals surface area (Å²) >= 11 is 0. The summed E-state index contributed by atoms with van der Waals surface area (Å²) in [6.07, 6.45) is 5.61. The fourth-order valence-electron chi connectivity index (χ4n) is 4.73. The van der Waals surface area contributed by atoms with Crippen molar-refractivity contribution in [3.63, 3.8) is 0 Å². The molecule has 2 amide bonds. The molecule has 3 atom stereocenters. The molecule has 0 bridgehead atoms. The molecule has 7 nitrogen and oxygen atoms in total.